The molecule has 124 valence electrons. The van der Waals surface area contributed by atoms with Crippen LogP contribution in [0.25, 0.3) is 11.3 Å². The topological polar surface area (TPSA) is 3.88 Å². The van der Waals surface area contributed by atoms with Gasteiger partial charge in [-0.05, 0) is 41.3 Å². The van der Waals surface area contributed by atoms with Crippen LogP contribution in [0.4, 0.5) is 0 Å². The van der Waals surface area contributed by atoms with Crippen LogP contribution in [0.3, 0.4) is 0 Å². The fourth-order valence-corrected chi connectivity index (χ4v) is 2.90. The zero-order valence-electron chi connectivity index (χ0n) is 17.9. The first-order chi connectivity index (χ1) is 11.3. The molecular formula is C22H32N+. The van der Waals surface area contributed by atoms with Crippen LogP contribution in [-0.4, -0.2) is 0 Å². The van der Waals surface area contributed by atoms with Crippen LogP contribution < -0.4 is 4.57 Å². The first-order valence-electron chi connectivity index (χ1n) is 9.37. The number of aryl methyl sites for hydroxylation is 2. The molecule has 0 atom stereocenters. The van der Waals surface area contributed by atoms with E-state index < -0.39 is 11.8 Å². The number of benzene rings is 1. The van der Waals surface area contributed by atoms with Gasteiger partial charge in [0, 0.05) is 19.9 Å². The summed E-state index contributed by atoms with van der Waals surface area (Å²) in [4.78, 5) is 0. The third kappa shape index (κ3) is 4.22. The lowest BCUT2D eigenvalue weighted by molar-refractivity contribution is -0.661. The molecule has 2 aromatic rings. The van der Waals surface area contributed by atoms with Gasteiger partial charge in [-0.15, -0.1) is 0 Å². The third-order valence-corrected chi connectivity index (χ3v) is 4.01. The quantitative estimate of drug-likeness (QED) is 0.656. The number of nitrogens with zero attached hydrogens (tertiary/aromatic N) is 1. The number of hydrogen-bond acceptors (Lipinski definition) is 0. The average molecular weight is 313 g/mol. The first-order valence-corrected chi connectivity index (χ1v) is 8.37. The number of hydrogen-bond donors (Lipinski definition) is 0. The summed E-state index contributed by atoms with van der Waals surface area (Å²) >= 11 is 0. The van der Waals surface area contributed by atoms with Crippen LogP contribution >= 0.6 is 0 Å². The Labute approximate surface area is 145 Å². The molecule has 0 bridgehead atoms. The summed E-state index contributed by atoms with van der Waals surface area (Å²) < 4.78 is 19.7. The van der Waals surface area contributed by atoms with Crippen molar-refractivity contribution in [3.05, 3.63) is 53.2 Å². The van der Waals surface area contributed by atoms with Gasteiger partial charge < -0.3 is 0 Å². The summed E-state index contributed by atoms with van der Waals surface area (Å²) in [5, 5.41) is 0. The Bertz CT molecular complexity index is 778. The summed E-state index contributed by atoms with van der Waals surface area (Å²) in [5.41, 5.74) is 4.78. The lowest BCUT2D eigenvalue weighted by atomic mass is 9.78. The molecular weight excluding hydrogens is 278 g/mol. The van der Waals surface area contributed by atoms with Gasteiger partial charge in [0.25, 0.3) is 0 Å². The van der Waals surface area contributed by atoms with Crippen LogP contribution in [0, 0.1) is 12.3 Å². The molecule has 23 heavy (non-hydrogen) atoms. The Morgan fingerprint density at radius 2 is 1.65 bits per heavy atom. The zero-order valence-corrected chi connectivity index (χ0v) is 15.9. The van der Waals surface area contributed by atoms with E-state index in [1.165, 1.54) is 11.1 Å². The Morgan fingerprint density at radius 3 is 2.17 bits per heavy atom. The fraction of sp³-hybridized carbons (Fsp3) is 0.500. The largest absolute Gasteiger partial charge is 0.212 e. The summed E-state index contributed by atoms with van der Waals surface area (Å²) in [5.74, 6) is 0. The van der Waals surface area contributed by atoms with Gasteiger partial charge in [0.15, 0.2) is 6.20 Å². The van der Waals surface area contributed by atoms with E-state index >= 15 is 0 Å². The van der Waals surface area contributed by atoms with Crippen molar-refractivity contribution in [3.63, 3.8) is 0 Å². The van der Waals surface area contributed by atoms with E-state index in [4.69, 9.17) is 2.74 Å². The normalized spacial score (nSPS) is 14.4. The fourth-order valence-electron chi connectivity index (χ4n) is 2.90. The van der Waals surface area contributed by atoms with E-state index in [0.717, 1.165) is 16.8 Å². The molecule has 0 unspecified atom stereocenters. The van der Waals surface area contributed by atoms with Crippen molar-refractivity contribution in [3.8, 4) is 11.3 Å². The predicted octanol–water partition coefficient (Wildman–Crippen LogP) is 5.37. The highest BCUT2D eigenvalue weighted by Gasteiger charge is 2.26. The van der Waals surface area contributed by atoms with E-state index in [-0.39, 0.29) is 5.41 Å². The SMILES string of the molecule is [2H]C([2H])(c1c[n+](C)c(-c2ccccc2C)cc1C(C)(C)C)C(C)(C)C. The van der Waals surface area contributed by atoms with Gasteiger partial charge >= 0.3 is 0 Å². The molecule has 0 aliphatic carbocycles. The van der Waals surface area contributed by atoms with Gasteiger partial charge in [-0.1, -0.05) is 59.7 Å². The van der Waals surface area contributed by atoms with Gasteiger partial charge in [-0.25, -0.2) is 4.57 Å². The molecule has 0 aliphatic rings. The van der Waals surface area contributed by atoms with Gasteiger partial charge in [-0.3, -0.25) is 0 Å². The Morgan fingerprint density at radius 1 is 1.04 bits per heavy atom. The van der Waals surface area contributed by atoms with Gasteiger partial charge in [0.2, 0.25) is 5.69 Å². The summed E-state index contributed by atoms with van der Waals surface area (Å²) in [6.07, 6.45) is 0.575. The van der Waals surface area contributed by atoms with Crippen molar-refractivity contribution >= 4 is 0 Å². The van der Waals surface area contributed by atoms with Crippen LogP contribution in [-0.2, 0) is 18.8 Å². The van der Waals surface area contributed by atoms with E-state index in [9.17, 15) is 0 Å². The molecule has 1 heteroatoms. The molecule has 0 amide bonds. The number of aromatic nitrogens is 1. The molecule has 1 aromatic heterocycles. The van der Waals surface area contributed by atoms with Crippen LogP contribution in [0.1, 0.15) is 61.0 Å². The smallest absolute Gasteiger partial charge is 0.201 e. The summed E-state index contributed by atoms with van der Waals surface area (Å²) in [6.45, 7) is 14.5. The lowest BCUT2D eigenvalue weighted by Gasteiger charge is -2.26. The predicted molar refractivity (Wildman–Crippen MR) is 99.7 cm³/mol. The molecule has 0 N–H and O–H groups in total. The Balaban J connectivity index is 2.82. The maximum absolute atomic E-state index is 8.81. The lowest BCUT2D eigenvalue weighted by Crippen LogP contribution is -2.34. The number of rotatable bonds is 2. The average Bonchev–Trinajstić information content (AvgIpc) is 2.45. The minimum absolute atomic E-state index is 0.139. The van der Waals surface area contributed by atoms with E-state index in [0.29, 0.717) is 0 Å². The van der Waals surface area contributed by atoms with Crippen LogP contribution in [0.15, 0.2) is 36.5 Å². The molecule has 0 spiro atoms. The molecule has 1 nitrogen and oxygen atoms in total. The van der Waals surface area contributed by atoms with Crippen LogP contribution in [0.5, 0.6) is 0 Å². The number of pyridine rings is 1. The highest BCUT2D eigenvalue weighted by atomic mass is 14.9. The van der Waals surface area contributed by atoms with Crippen molar-refractivity contribution in [2.45, 2.75) is 60.3 Å². The molecule has 2 rings (SSSR count). The van der Waals surface area contributed by atoms with Crippen molar-refractivity contribution in [2.75, 3.05) is 0 Å². The minimum Gasteiger partial charge on any atom is -0.201 e. The van der Waals surface area contributed by atoms with Crippen LogP contribution in [0.2, 0.25) is 0 Å². The van der Waals surface area contributed by atoms with Gasteiger partial charge in [0.1, 0.15) is 7.05 Å². The molecule has 0 saturated carbocycles. The second kappa shape index (κ2) is 6.11. The second-order valence-electron chi connectivity index (χ2n) is 8.54. The third-order valence-electron chi connectivity index (χ3n) is 4.01. The molecule has 1 aromatic carbocycles. The molecule has 1 heterocycles. The summed E-state index contributed by atoms with van der Waals surface area (Å²) in [6, 6.07) is 10.5. The second-order valence-corrected chi connectivity index (χ2v) is 8.54. The maximum Gasteiger partial charge on any atom is 0.212 e. The Hall–Kier alpha value is -1.63. The Kier molecular flexibility index (Phi) is 3.97. The van der Waals surface area contributed by atoms with Crippen molar-refractivity contribution in [1.82, 2.24) is 0 Å². The molecule has 0 saturated heterocycles. The molecule has 0 aliphatic heterocycles. The zero-order chi connectivity index (χ0) is 19.2. The molecule has 0 radical (unpaired) electrons. The minimum atomic E-state index is -1.42. The van der Waals surface area contributed by atoms with Crippen molar-refractivity contribution in [1.29, 1.82) is 0 Å². The van der Waals surface area contributed by atoms with E-state index in [1.54, 1.807) is 0 Å². The highest BCUT2D eigenvalue weighted by molar-refractivity contribution is 5.62. The maximum atomic E-state index is 8.81. The van der Waals surface area contributed by atoms with Gasteiger partial charge in [-0.2, -0.15) is 0 Å². The summed E-state index contributed by atoms with van der Waals surface area (Å²) in [7, 11) is 2.01. The van der Waals surface area contributed by atoms with Crippen molar-refractivity contribution in [2.24, 2.45) is 12.5 Å². The van der Waals surface area contributed by atoms with Gasteiger partial charge in [0.05, 0.1) is 0 Å². The van der Waals surface area contributed by atoms with Crippen molar-refractivity contribution < 1.29 is 7.31 Å². The van der Waals surface area contributed by atoms with E-state index in [1.807, 2.05) is 34.0 Å². The molecule has 0 fully saturated rings. The highest BCUT2D eigenvalue weighted by Crippen LogP contribution is 2.32. The first kappa shape index (κ1) is 14.9. The van der Waals surface area contributed by atoms with E-state index in [2.05, 4.69) is 62.6 Å². The monoisotopic (exact) mass is 312 g/mol. The standard InChI is InChI=1S/C22H32N/c1-16-11-9-10-12-18(16)20-13-19(22(5,6)7)17(15-23(20)8)14-21(2,3)4/h9-13,15H,14H2,1-8H3/q+1/i14D2.